The average Bonchev–Trinajstić information content (AvgIpc) is 3.35. The van der Waals surface area contributed by atoms with Gasteiger partial charge in [0.05, 0.1) is 11.8 Å². The number of carbonyl (C=O) groups excluding carboxylic acids is 1. The molecule has 34 heavy (non-hydrogen) atoms. The van der Waals surface area contributed by atoms with Crippen molar-refractivity contribution in [3.8, 4) is 5.75 Å². The summed E-state index contributed by atoms with van der Waals surface area (Å²) >= 11 is 0. The van der Waals surface area contributed by atoms with Gasteiger partial charge in [-0.15, -0.1) is 0 Å². The van der Waals surface area contributed by atoms with E-state index in [9.17, 15) is 14.3 Å². The van der Waals surface area contributed by atoms with E-state index in [0.717, 1.165) is 22.3 Å². The summed E-state index contributed by atoms with van der Waals surface area (Å²) in [6, 6.07) is 10.2. The molecule has 1 N–H and O–H groups in total. The predicted octanol–water partition coefficient (Wildman–Crippen LogP) is 5.25. The van der Waals surface area contributed by atoms with Crippen LogP contribution in [-0.2, 0) is 13.0 Å². The van der Waals surface area contributed by atoms with E-state index in [1.165, 1.54) is 18.3 Å². The van der Waals surface area contributed by atoms with Gasteiger partial charge in [-0.05, 0) is 54.7 Å². The zero-order chi connectivity index (χ0) is 25.3. The molecule has 0 aliphatic carbocycles. The van der Waals surface area contributed by atoms with Gasteiger partial charge in [0.1, 0.15) is 11.6 Å². The fourth-order valence-electron chi connectivity index (χ4n) is 3.28. The summed E-state index contributed by atoms with van der Waals surface area (Å²) in [4.78, 5) is 21.8. The van der Waals surface area contributed by atoms with E-state index in [-0.39, 0.29) is 17.5 Å². The van der Waals surface area contributed by atoms with Crippen molar-refractivity contribution in [3.63, 3.8) is 0 Å². The lowest BCUT2D eigenvalue weighted by molar-refractivity contribution is 0.0814. The molecule has 1 aliphatic heterocycles. The summed E-state index contributed by atoms with van der Waals surface area (Å²) in [5.41, 5.74) is 3.90. The fraction of sp³-hybridized carbons (Fsp3) is 0.308. The molecule has 1 aromatic carbocycles. The first kappa shape index (κ1) is 26.4. The zero-order valence-electron chi connectivity index (χ0n) is 20.5. The quantitative estimate of drug-likeness (QED) is 0.555. The number of aromatic hydroxyl groups is 1. The van der Waals surface area contributed by atoms with Crippen LogP contribution in [0.25, 0.3) is 0 Å². The number of hydrogen-bond acceptors (Lipinski definition) is 6. The number of carbonyl (C=O) groups is 1. The topological polar surface area (TPSA) is 92.4 Å². The molecule has 0 atom stereocenters. The summed E-state index contributed by atoms with van der Waals surface area (Å²) in [5.74, 6) is 0.713. The number of rotatable bonds is 2. The first-order valence-corrected chi connectivity index (χ1v) is 11.0. The Kier molecular flexibility index (Phi) is 9.67. The minimum Gasteiger partial charge on any atom is -0.505 e. The van der Waals surface area contributed by atoms with Crippen LogP contribution in [0.15, 0.2) is 53.3 Å². The second-order valence-electron chi connectivity index (χ2n) is 7.56. The number of benzene rings is 1. The standard InChI is InChI=1S/C20H19FN2O2.C4H6N2O.C2H6/c1-13-3-4-15(9-14-5-7-16(21)8-6-14)10-22-11-18(24)19-17(13)12-23(2)20(19)25;1-3-5-4(2)7-6-3;1-2/h3-8,10-11,24H,9,12H2,1-2H3;1-2H3;1-2H3. The van der Waals surface area contributed by atoms with Crippen LogP contribution in [0, 0.1) is 26.6 Å². The van der Waals surface area contributed by atoms with Crippen molar-refractivity contribution >= 4 is 5.91 Å². The van der Waals surface area contributed by atoms with Gasteiger partial charge in [0.15, 0.2) is 5.82 Å². The molecule has 0 unspecified atom stereocenters. The third kappa shape index (κ3) is 7.10. The molecule has 3 heterocycles. The van der Waals surface area contributed by atoms with Gasteiger partial charge in [-0.25, -0.2) is 4.39 Å². The second-order valence-corrected chi connectivity index (χ2v) is 7.56. The van der Waals surface area contributed by atoms with Gasteiger partial charge in [-0.1, -0.05) is 43.3 Å². The molecule has 0 saturated heterocycles. The Hall–Kier alpha value is -3.81. The zero-order valence-corrected chi connectivity index (χ0v) is 20.5. The molecule has 180 valence electrons. The molecule has 4 rings (SSSR count). The largest absolute Gasteiger partial charge is 0.505 e. The average molecular weight is 467 g/mol. The Labute approximate surface area is 199 Å². The summed E-state index contributed by atoms with van der Waals surface area (Å²) in [7, 11) is 1.70. The monoisotopic (exact) mass is 466 g/mol. The highest BCUT2D eigenvalue weighted by Crippen LogP contribution is 2.28. The van der Waals surface area contributed by atoms with Crippen LogP contribution in [0.3, 0.4) is 0 Å². The summed E-state index contributed by atoms with van der Waals surface area (Å²) in [6.07, 6.45) is 3.52. The van der Waals surface area contributed by atoms with Crippen molar-refractivity contribution in [3.05, 3.63) is 94.1 Å². The van der Waals surface area contributed by atoms with Crippen molar-refractivity contribution in [1.82, 2.24) is 20.0 Å². The van der Waals surface area contributed by atoms with E-state index in [1.807, 2.05) is 32.9 Å². The number of aryl methyl sites for hydroxylation is 3. The second kappa shape index (κ2) is 12.4. The summed E-state index contributed by atoms with van der Waals surface area (Å²) in [5, 5.41) is 13.8. The third-order valence-electron chi connectivity index (χ3n) is 4.92. The van der Waals surface area contributed by atoms with E-state index >= 15 is 0 Å². The molecule has 2 aromatic heterocycles. The summed E-state index contributed by atoms with van der Waals surface area (Å²) in [6.45, 7) is 9.93. The number of hydrogen-bond donors (Lipinski definition) is 1. The lowest BCUT2D eigenvalue weighted by Crippen LogP contribution is -2.17. The summed E-state index contributed by atoms with van der Waals surface area (Å²) < 4.78 is 17.6. The number of amides is 1. The Morgan fingerprint density at radius 1 is 1.03 bits per heavy atom. The van der Waals surface area contributed by atoms with Crippen molar-refractivity contribution < 1.29 is 18.8 Å². The molecule has 0 spiro atoms. The number of halogens is 1. The lowest BCUT2D eigenvalue weighted by atomic mass is 10.0. The first-order valence-electron chi connectivity index (χ1n) is 11.0. The maximum absolute atomic E-state index is 13.0. The Morgan fingerprint density at radius 3 is 2.24 bits per heavy atom. The van der Waals surface area contributed by atoms with E-state index in [2.05, 4.69) is 19.6 Å². The highest BCUT2D eigenvalue weighted by Gasteiger charge is 2.27. The molecule has 7 nitrogen and oxygen atoms in total. The maximum Gasteiger partial charge on any atom is 0.258 e. The fourth-order valence-corrected chi connectivity index (χ4v) is 3.28. The van der Waals surface area contributed by atoms with E-state index < -0.39 is 0 Å². The van der Waals surface area contributed by atoms with Gasteiger partial charge in [-0.3, -0.25) is 9.78 Å². The van der Waals surface area contributed by atoms with Gasteiger partial charge in [0, 0.05) is 26.7 Å². The molecule has 1 amide bonds. The first-order chi connectivity index (χ1) is 16.2. The Balaban J connectivity index is 0.000000384. The number of nitrogens with zero attached hydrogens (tertiary/aromatic N) is 4. The van der Waals surface area contributed by atoms with Gasteiger partial charge >= 0.3 is 0 Å². The van der Waals surface area contributed by atoms with Crippen LogP contribution < -0.4 is 0 Å². The molecule has 0 radical (unpaired) electrons. The van der Waals surface area contributed by atoms with Crippen LogP contribution in [0.4, 0.5) is 4.39 Å². The van der Waals surface area contributed by atoms with Crippen LogP contribution >= 0.6 is 0 Å². The molecule has 8 heteroatoms. The van der Waals surface area contributed by atoms with Gasteiger partial charge in [0.2, 0.25) is 5.89 Å². The smallest absolute Gasteiger partial charge is 0.258 e. The molecule has 0 fully saturated rings. The minimum absolute atomic E-state index is 0.128. The SMILES string of the molecule is CC.Cc1ccc(Cc2ccc(F)cc2)cncc(O)c2c1CN(C)C2=O.Cc1noc(C)n1. The van der Waals surface area contributed by atoms with Crippen molar-refractivity contribution in [2.75, 3.05) is 7.05 Å². The Morgan fingerprint density at radius 2 is 1.68 bits per heavy atom. The highest BCUT2D eigenvalue weighted by molar-refractivity contribution is 6.00. The van der Waals surface area contributed by atoms with Crippen LogP contribution in [0.5, 0.6) is 5.75 Å². The highest BCUT2D eigenvalue weighted by atomic mass is 19.1. The van der Waals surface area contributed by atoms with Gasteiger partial charge in [0.25, 0.3) is 5.91 Å². The molecular formula is C26H31FN4O3. The molecule has 3 aromatic rings. The molecule has 1 aliphatic rings. The number of fused-ring (bicyclic) bond motifs is 1. The van der Waals surface area contributed by atoms with Crippen LogP contribution in [0.2, 0.25) is 0 Å². The molecular weight excluding hydrogens is 435 g/mol. The van der Waals surface area contributed by atoms with Crippen molar-refractivity contribution in [2.45, 2.75) is 47.6 Å². The van der Waals surface area contributed by atoms with E-state index in [4.69, 9.17) is 0 Å². The van der Waals surface area contributed by atoms with Crippen molar-refractivity contribution in [2.24, 2.45) is 0 Å². The van der Waals surface area contributed by atoms with Gasteiger partial charge in [-0.2, -0.15) is 4.98 Å². The molecule has 0 bridgehead atoms. The third-order valence-corrected chi connectivity index (χ3v) is 4.92. The van der Waals surface area contributed by atoms with Crippen LogP contribution in [-0.4, -0.2) is 38.1 Å². The predicted molar refractivity (Wildman–Crippen MR) is 128 cm³/mol. The number of aromatic nitrogens is 3. The van der Waals surface area contributed by atoms with E-state index in [1.54, 1.807) is 44.1 Å². The normalized spacial score (nSPS) is 11.5. The molecule has 0 saturated carbocycles. The minimum atomic E-state index is -0.268. The van der Waals surface area contributed by atoms with Gasteiger partial charge < -0.3 is 14.5 Å². The Bertz CT molecular complexity index is 1160. The lowest BCUT2D eigenvalue weighted by Gasteiger charge is -2.05. The van der Waals surface area contributed by atoms with Crippen molar-refractivity contribution in [1.29, 1.82) is 0 Å². The van der Waals surface area contributed by atoms with Crippen LogP contribution in [0.1, 0.15) is 58.2 Å². The van der Waals surface area contributed by atoms with E-state index in [0.29, 0.717) is 30.2 Å². The maximum atomic E-state index is 13.0.